The standard InChI is InChI=1S/C28H19N3/c1-2-12-21(13-3-1)29-28-30-26-23-15-7-5-10-20(23)17-18-25(26)27(31-28)24-16-8-11-19-9-4-6-14-22(19)24/h1-18H,(H,29,30,31). The fourth-order valence-corrected chi connectivity index (χ4v) is 4.21. The molecule has 1 heterocycles. The predicted molar refractivity (Wildman–Crippen MR) is 130 cm³/mol. The van der Waals surface area contributed by atoms with Gasteiger partial charge in [0, 0.05) is 22.0 Å². The van der Waals surface area contributed by atoms with Crippen LogP contribution in [0.5, 0.6) is 0 Å². The zero-order valence-corrected chi connectivity index (χ0v) is 16.8. The van der Waals surface area contributed by atoms with E-state index in [1.54, 1.807) is 0 Å². The molecule has 0 fully saturated rings. The van der Waals surface area contributed by atoms with E-state index in [0.717, 1.165) is 33.2 Å². The average molecular weight is 397 g/mol. The normalized spacial score (nSPS) is 11.2. The van der Waals surface area contributed by atoms with Crippen LogP contribution in [-0.4, -0.2) is 9.97 Å². The number of anilines is 2. The Morgan fingerprint density at radius 2 is 1.16 bits per heavy atom. The summed E-state index contributed by atoms with van der Waals surface area (Å²) >= 11 is 0. The second-order valence-corrected chi connectivity index (χ2v) is 7.60. The maximum absolute atomic E-state index is 5.00. The highest BCUT2D eigenvalue weighted by atomic mass is 15.1. The van der Waals surface area contributed by atoms with Crippen LogP contribution in [-0.2, 0) is 0 Å². The van der Waals surface area contributed by atoms with Gasteiger partial charge in [0.2, 0.25) is 5.95 Å². The molecule has 0 aliphatic rings. The fraction of sp³-hybridized carbons (Fsp3) is 0. The molecule has 5 aromatic carbocycles. The van der Waals surface area contributed by atoms with E-state index in [0.29, 0.717) is 5.95 Å². The highest BCUT2D eigenvalue weighted by molar-refractivity contribution is 6.12. The first kappa shape index (κ1) is 17.6. The minimum atomic E-state index is 0.595. The molecule has 6 rings (SSSR count). The van der Waals surface area contributed by atoms with Crippen molar-refractivity contribution in [3.63, 3.8) is 0 Å². The molecule has 1 aromatic heterocycles. The highest BCUT2D eigenvalue weighted by Gasteiger charge is 2.14. The number of para-hydroxylation sites is 1. The molecule has 0 spiro atoms. The maximum atomic E-state index is 5.00. The maximum Gasteiger partial charge on any atom is 0.228 e. The van der Waals surface area contributed by atoms with Gasteiger partial charge in [0.1, 0.15) is 0 Å². The Labute approximate surface area is 180 Å². The number of fused-ring (bicyclic) bond motifs is 4. The third-order valence-corrected chi connectivity index (χ3v) is 5.67. The van der Waals surface area contributed by atoms with Crippen molar-refractivity contribution in [3.05, 3.63) is 109 Å². The molecule has 0 bridgehead atoms. The van der Waals surface area contributed by atoms with E-state index < -0.39 is 0 Å². The Hall–Kier alpha value is -4.24. The number of hydrogen-bond acceptors (Lipinski definition) is 3. The molecule has 0 aliphatic heterocycles. The number of aromatic nitrogens is 2. The molecule has 1 N–H and O–H groups in total. The Bertz CT molecular complexity index is 1550. The zero-order chi connectivity index (χ0) is 20.6. The van der Waals surface area contributed by atoms with Gasteiger partial charge in [0.25, 0.3) is 0 Å². The first-order chi connectivity index (χ1) is 15.4. The van der Waals surface area contributed by atoms with Gasteiger partial charge < -0.3 is 5.32 Å². The van der Waals surface area contributed by atoms with Crippen LogP contribution < -0.4 is 5.32 Å². The lowest BCUT2D eigenvalue weighted by Gasteiger charge is -2.13. The van der Waals surface area contributed by atoms with Crippen molar-refractivity contribution in [1.82, 2.24) is 9.97 Å². The van der Waals surface area contributed by atoms with Crippen LogP contribution in [0.4, 0.5) is 11.6 Å². The van der Waals surface area contributed by atoms with Crippen LogP contribution in [0, 0.1) is 0 Å². The molecule has 3 heteroatoms. The van der Waals surface area contributed by atoms with Gasteiger partial charge in [0.15, 0.2) is 0 Å². The zero-order valence-electron chi connectivity index (χ0n) is 16.8. The quantitative estimate of drug-likeness (QED) is 0.317. The molecular formula is C28H19N3. The molecule has 3 nitrogen and oxygen atoms in total. The van der Waals surface area contributed by atoms with Gasteiger partial charge in [-0.15, -0.1) is 0 Å². The van der Waals surface area contributed by atoms with Crippen molar-refractivity contribution in [2.24, 2.45) is 0 Å². The summed E-state index contributed by atoms with van der Waals surface area (Å²) in [5.74, 6) is 0.595. The van der Waals surface area contributed by atoms with Crippen molar-refractivity contribution in [1.29, 1.82) is 0 Å². The van der Waals surface area contributed by atoms with Gasteiger partial charge in [-0.05, 0) is 34.4 Å². The number of benzene rings is 5. The van der Waals surface area contributed by atoms with E-state index in [1.165, 1.54) is 16.2 Å². The van der Waals surface area contributed by atoms with Gasteiger partial charge >= 0.3 is 0 Å². The van der Waals surface area contributed by atoms with Crippen molar-refractivity contribution in [2.45, 2.75) is 0 Å². The van der Waals surface area contributed by atoms with Crippen LogP contribution in [0.2, 0.25) is 0 Å². The highest BCUT2D eigenvalue weighted by Crippen LogP contribution is 2.35. The fourth-order valence-electron chi connectivity index (χ4n) is 4.21. The van der Waals surface area contributed by atoms with E-state index in [4.69, 9.17) is 9.97 Å². The van der Waals surface area contributed by atoms with Crippen molar-refractivity contribution in [2.75, 3.05) is 5.32 Å². The van der Waals surface area contributed by atoms with Crippen molar-refractivity contribution in [3.8, 4) is 11.3 Å². The second kappa shape index (κ2) is 7.22. The van der Waals surface area contributed by atoms with Gasteiger partial charge in [0.05, 0.1) is 11.2 Å². The molecule has 0 saturated heterocycles. The Balaban J connectivity index is 1.68. The van der Waals surface area contributed by atoms with Gasteiger partial charge in [-0.2, -0.15) is 0 Å². The lowest BCUT2D eigenvalue weighted by atomic mass is 9.98. The largest absolute Gasteiger partial charge is 0.324 e. The minimum Gasteiger partial charge on any atom is -0.324 e. The monoisotopic (exact) mass is 397 g/mol. The third kappa shape index (κ3) is 3.08. The van der Waals surface area contributed by atoms with Crippen LogP contribution in [0.25, 0.3) is 43.7 Å². The smallest absolute Gasteiger partial charge is 0.228 e. The Kier molecular flexibility index (Phi) is 4.10. The molecule has 0 amide bonds. The number of rotatable bonds is 3. The third-order valence-electron chi connectivity index (χ3n) is 5.67. The number of nitrogens with zero attached hydrogens (tertiary/aromatic N) is 2. The van der Waals surface area contributed by atoms with E-state index in [-0.39, 0.29) is 0 Å². The Morgan fingerprint density at radius 1 is 0.484 bits per heavy atom. The van der Waals surface area contributed by atoms with Crippen molar-refractivity contribution >= 4 is 44.1 Å². The number of hydrogen-bond donors (Lipinski definition) is 1. The lowest BCUT2D eigenvalue weighted by Crippen LogP contribution is -2.00. The molecular weight excluding hydrogens is 378 g/mol. The molecule has 0 aliphatic carbocycles. The molecule has 146 valence electrons. The lowest BCUT2D eigenvalue weighted by molar-refractivity contribution is 1.22. The van der Waals surface area contributed by atoms with Crippen LogP contribution >= 0.6 is 0 Å². The van der Waals surface area contributed by atoms with Crippen LogP contribution in [0.15, 0.2) is 109 Å². The van der Waals surface area contributed by atoms with Crippen molar-refractivity contribution < 1.29 is 0 Å². The summed E-state index contributed by atoms with van der Waals surface area (Å²) in [6.07, 6.45) is 0. The van der Waals surface area contributed by atoms with Gasteiger partial charge in [-0.3, -0.25) is 0 Å². The molecule has 0 unspecified atom stereocenters. The van der Waals surface area contributed by atoms with Crippen LogP contribution in [0.1, 0.15) is 0 Å². The summed E-state index contributed by atoms with van der Waals surface area (Å²) in [4.78, 5) is 9.94. The Morgan fingerprint density at radius 3 is 2.00 bits per heavy atom. The summed E-state index contributed by atoms with van der Waals surface area (Å²) < 4.78 is 0. The molecule has 0 saturated carbocycles. The van der Waals surface area contributed by atoms with Gasteiger partial charge in [-0.1, -0.05) is 91.0 Å². The summed E-state index contributed by atoms with van der Waals surface area (Å²) in [5.41, 5.74) is 3.96. The minimum absolute atomic E-state index is 0.595. The molecule has 6 aromatic rings. The summed E-state index contributed by atoms with van der Waals surface area (Å²) in [5, 5.41) is 9.12. The topological polar surface area (TPSA) is 37.8 Å². The first-order valence-corrected chi connectivity index (χ1v) is 10.4. The second-order valence-electron chi connectivity index (χ2n) is 7.60. The van der Waals surface area contributed by atoms with Gasteiger partial charge in [-0.25, -0.2) is 9.97 Å². The summed E-state index contributed by atoms with van der Waals surface area (Å²) in [6, 6.07) is 37.5. The SMILES string of the molecule is c1ccc(Nc2nc(-c3cccc4ccccc34)c3ccc4ccccc4c3n2)cc1. The molecule has 0 atom stereocenters. The van der Waals surface area contributed by atoms with Crippen LogP contribution in [0.3, 0.4) is 0 Å². The number of nitrogens with one attached hydrogen (secondary N) is 1. The molecule has 31 heavy (non-hydrogen) atoms. The van der Waals surface area contributed by atoms with E-state index >= 15 is 0 Å². The van der Waals surface area contributed by atoms with E-state index in [9.17, 15) is 0 Å². The molecule has 0 radical (unpaired) electrons. The summed E-state index contributed by atoms with van der Waals surface area (Å²) in [7, 11) is 0. The predicted octanol–water partition coefficient (Wildman–Crippen LogP) is 7.35. The first-order valence-electron chi connectivity index (χ1n) is 10.4. The van der Waals surface area contributed by atoms with E-state index in [2.05, 4.69) is 84.2 Å². The average Bonchev–Trinajstić information content (AvgIpc) is 2.84. The summed E-state index contributed by atoms with van der Waals surface area (Å²) in [6.45, 7) is 0. The van der Waals surface area contributed by atoms with E-state index in [1.807, 2.05) is 30.3 Å².